The molecule has 2 aromatic rings. The first-order valence-corrected chi connectivity index (χ1v) is 7.00. The van der Waals surface area contributed by atoms with Gasteiger partial charge in [-0.15, -0.1) is 10.1 Å². The topological polar surface area (TPSA) is 109 Å². The zero-order chi connectivity index (χ0) is 17.5. The minimum atomic E-state index is -0.987. The number of para-hydroxylation sites is 1. The quantitative estimate of drug-likeness (QED) is 0.145. The van der Waals surface area contributed by atoms with Crippen LogP contribution in [0.4, 0.5) is 0 Å². The van der Waals surface area contributed by atoms with Gasteiger partial charge in [0.15, 0.2) is 5.78 Å². The highest BCUT2D eigenvalue weighted by molar-refractivity contribution is 6.20. The molecule has 1 aromatic carbocycles. The highest BCUT2D eigenvalue weighted by Gasteiger charge is 2.17. The number of ether oxygens (including phenoxy) is 1. The third-order valence-corrected chi connectivity index (χ3v) is 3.10. The van der Waals surface area contributed by atoms with Crippen molar-refractivity contribution in [1.29, 1.82) is 0 Å². The van der Waals surface area contributed by atoms with Gasteiger partial charge in [0.1, 0.15) is 18.8 Å². The summed E-state index contributed by atoms with van der Waals surface area (Å²) in [6.45, 7) is 0.508. The Bertz CT molecular complexity index is 810. The molecule has 0 saturated carbocycles. The lowest BCUT2D eigenvalue weighted by atomic mass is 10.0. The number of nitrogens with zero attached hydrogens (tertiary/aromatic N) is 2. The molecule has 8 heteroatoms. The van der Waals surface area contributed by atoms with Crippen LogP contribution in [0.1, 0.15) is 12.5 Å². The second-order valence-electron chi connectivity index (χ2n) is 4.72. The van der Waals surface area contributed by atoms with E-state index in [-0.39, 0.29) is 12.2 Å². The number of rotatable bonds is 7. The third-order valence-electron chi connectivity index (χ3n) is 3.10. The largest absolute Gasteiger partial charge is 0.460 e. The highest BCUT2D eigenvalue weighted by Crippen LogP contribution is 2.19. The van der Waals surface area contributed by atoms with Gasteiger partial charge < -0.3 is 9.57 Å². The number of Topliss-reactive ketones (excluding diaryl/α,β-unsaturated/α-hetero) is 1. The van der Waals surface area contributed by atoms with E-state index in [2.05, 4.69) is 9.82 Å². The number of fused-ring (bicyclic) bond motifs is 1. The van der Waals surface area contributed by atoms with Crippen LogP contribution in [0, 0.1) is 10.1 Å². The lowest BCUT2D eigenvalue weighted by molar-refractivity contribution is -0.757. The minimum Gasteiger partial charge on any atom is -0.460 e. The zero-order valence-electron chi connectivity index (χ0n) is 12.8. The SMILES string of the molecule is CC(=O)/C(=C/c1ccnc2ccccc12)C(=O)OCCO[N+](=O)[O-]. The van der Waals surface area contributed by atoms with Crippen LogP contribution in [0.15, 0.2) is 42.1 Å². The molecule has 0 amide bonds. The summed E-state index contributed by atoms with van der Waals surface area (Å²) in [5.74, 6) is -1.34. The molecule has 2 rings (SSSR count). The Hall–Kier alpha value is -3.29. The second-order valence-corrected chi connectivity index (χ2v) is 4.72. The summed E-state index contributed by atoms with van der Waals surface area (Å²) >= 11 is 0. The van der Waals surface area contributed by atoms with Crippen molar-refractivity contribution in [2.75, 3.05) is 13.2 Å². The van der Waals surface area contributed by atoms with Crippen LogP contribution in [0.2, 0.25) is 0 Å². The molecule has 0 atom stereocenters. The summed E-state index contributed by atoms with van der Waals surface area (Å²) in [5.41, 5.74) is 1.21. The summed E-state index contributed by atoms with van der Waals surface area (Å²) in [6, 6.07) is 8.96. The van der Waals surface area contributed by atoms with Gasteiger partial charge in [-0.05, 0) is 30.7 Å². The lowest BCUT2D eigenvalue weighted by Gasteiger charge is -2.07. The molecule has 124 valence electrons. The predicted octanol–water partition coefficient (Wildman–Crippen LogP) is 1.96. The maximum absolute atomic E-state index is 12.0. The van der Waals surface area contributed by atoms with Crippen molar-refractivity contribution >= 4 is 28.7 Å². The Balaban J connectivity index is 2.23. The Morgan fingerprint density at radius 2 is 2.00 bits per heavy atom. The van der Waals surface area contributed by atoms with Gasteiger partial charge in [0.05, 0.1) is 5.52 Å². The predicted molar refractivity (Wildman–Crippen MR) is 84.3 cm³/mol. The Labute approximate surface area is 136 Å². The molecule has 0 bridgehead atoms. The van der Waals surface area contributed by atoms with Crippen LogP contribution in [-0.2, 0) is 19.2 Å². The fourth-order valence-electron chi connectivity index (χ4n) is 2.03. The lowest BCUT2D eigenvalue weighted by Crippen LogP contribution is -2.17. The van der Waals surface area contributed by atoms with E-state index in [9.17, 15) is 19.7 Å². The second kappa shape index (κ2) is 7.82. The van der Waals surface area contributed by atoms with Crippen molar-refractivity contribution in [3.8, 4) is 0 Å². The molecular formula is C16H14N2O6. The Morgan fingerprint density at radius 3 is 2.71 bits per heavy atom. The number of carbonyl (C=O) groups is 2. The molecule has 0 aliphatic rings. The van der Waals surface area contributed by atoms with Crippen molar-refractivity contribution in [2.45, 2.75) is 6.92 Å². The van der Waals surface area contributed by atoms with Crippen molar-refractivity contribution in [2.24, 2.45) is 0 Å². The number of pyridine rings is 1. The van der Waals surface area contributed by atoms with Crippen LogP contribution in [0.3, 0.4) is 0 Å². The molecule has 8 nitrogen and oxygen atoms in total. The van der Waals surface area contributed by atoms with Crippen molar-refractivity contribution in [3.63, 3.8) is 0 Å². The number of esters is 1. The van der Waals surface area contributed by atoms with Gasteiger partial charge in [-0.3, -0.25) is 9.78 Å². The maximum atomic E-state index is 12.0. The monoisotopic (exact) mass is 330 g/mol. The zero-order valence-corrected chi connectivity index (χ0v) is 12.8. The molecule has 0 saturated heterocycles. The molecule has 24 heavy (non-hydrogen) atoms. The van der Waals surface area contributed by atoms with E-state index >= 15 is 0 Å². The number of hydrogen-bond acceptors (Lipinski definition) is 7. The summed E-state index contributed by atoms with van der Waals surface area (Å²) in [6.07, 6.45) is 2.99. The van der Waals surface area contributed by atoms with Gasteiger partial charge in [0.25, 0.3) is 5.09 Å². The van der Waals surface area contributed by atoms with Crippen LogP contribution in [0.25, 0.3) is 17.0 Å². The number of aromatic nitrogens is 1. The normalized spacial score (nSPS) is 11.1. The average molecular weight is 330 g/mol. The molecule has 0 aliphatic heterocycles. The Kier molecular flexibility index (Phi) is 5.56. The summed E-state index contributed by atoms with van der Waals surface area (Å²) < 4.78 is 4.83. The first kappa shape index (κ1) is 17.1. The van der Waals surface area contributed by atoms with Crippen LogP contribution in [0.5, 0.6) is 0 Å². The first-order valence-electron chi connectivity index (χ1n) is 7.00. The fourth-order valence-corrected chi connectivity index (χ4v) is 2.03. The van der Waals surface area contributed by atoms with Crippen molar-refractivity contribution in [1.82, 2.24) is 4.98 Å². The molecular weight excluding hydrogens is 316 g/mol. The molecule has 0 aliphatic carbocycles. The van der Waals surface area contributed by atoms with Gasteiger partial charge in [0.2, 0.25) is 0 Å². The third kappa shape index (κ3) is 4.35. The van der Waals surface area contributed by atoms with E-state index in [1.165, 1.54) is 13.0 Å². The molecule has 0 unspecified atom stereocenters. The van der Waals surface area contributed by atoms with Crippen molar-refractivity contribution in [3.05, 3.63) is 57.8 Å². The number of hydrogen-bond donors (Lipinski definition) is 0. The summed E-state index contributed by atoms with van der Waals surface area (Å²) in [7, 11) is 0. The van der Waals surface area contributed by atoms with Gasteiger partial charge in [-0.25, -0.2) is 4.79 Å². The van der Waals surface area contributed by atoms with Crippen LogP contribution >= 0.6 is 0 Å². The van der Waals surface area contributed by atoms with Crippen LogP contribution < -0.4 is 0 Å². The number of benzene rings is 1. The summed E-state index contributed by atoms with van der Waals surface area (Å²) in [5, 5.41) is 9.82. The Morgan fingerprint density at radius 1 is 1.25 bits per heavy atom. The molecule has 0 N–H and O–H groups in total. The van der Waals surface area contributed by atoms with Crippen LogP contribution in [-0.4, -0.2) is 35.0 Å². The van der Waals surface area contributed by atoms with Crippen molar-refractivity contribution < 1.29 is 24.3 Å². The molecule has 1 heterocycles. The molecule has 0 radical (unpaired) electrons. The highest BCUT2D eigenvalue weighted by atomic mass is 17.0. The van der Waals surface area contributed by atoms with E-state index in [4.69, 9.17) is 4.74 Å². The number of carbonyl (C=O) groups excluding carboxylic acids is 2. The van der Waals surface area contributed by atoms with Gasteiger partial charge in [-0.2, -0.15) is 0 Å². The average Bonchev–Trinajstić information content (AvgIpc) is 2.56. The van der Waals surface area contributed by atoms with E-state index < -0.39 is 23.4 Å². The maximum Gasteiger partial charge on any atom is 0.341 e. The van der Waals surface area contributed by atoms with E-state index in [1.54, 1.807) is 12.3 Å². The fraction of sp³-hybridized carbons (Fsp3) is 0.188. The molecule has 0 fully saturated rings. The van der Waals surface area contributed by atoms with E-state index in [0.717, 1.165) is 10.9 Å². The van der Waals surface area contributed by atoms with Gasteiger partial charge in [-0.1, -0.05) is 18.2 Å². The number of ketones is 1. The van der Waals surface area contributed by atoms with E-state index in [1.807, 2.05) is 24.3 Å². The molecule has 0 spiro atoms. The minimum absolute atomic E-state index is 0.160. The van der Waals surface area contributed by atoms with E-state index in [0.29, 0.717) is 5.56 Å². The van der Waals surface area contributed by atoms with Gasteiger partial charge >= 0.3 is 5.97 Å². The smallest absolute Gasteiger partial charge is 0.341 e. The van der Waals surface area contributed by atoms with Gasteiger partial charge in [0, 0.05) is 11.6 Å². The standard InChI is InChI=1S/C16H14N2O6/c1-11(19)14(16(20)23-8-9-24-18(21)22)10-12-6-7-17-15-5-3-2-4-13(12)15/h2-7,10H,8-9H2,1H3/b14-10-. The molecule has 1 aromatic heterocycles. The summed E-state index contributed by atoms with van der Waals surface area (Å²) in [4.78, 5) is 42.0. The first-order chi connectivity index (χ1) is 11.5.